The normalized spacial score (nSPS) is 15.3. The summed E-state index contributed by atoms with van der Waals surface area (Å²) in [5, 5.41) is 0. The van der Waals surface area contributed by atoms with Crippen LogP contribution in [0.5, 0.6) is 0 Å². The average molecular weight is 356 g/mol. The van der Waals surface area contributed by atoms with Crippen molar-refractivity contribution in [2.45, 2.75) is 26.3 Å². The third-order valence-corrected chi connectivity index (χ3v) is 5.60. The van der Waals surface area contributed by atoms with Gasteiger partial charge >= 0.3 is 0 Å². The van der Waals surface area contributed by atoms with E-state index >= 15 is 0 Å². The molecule has 0 radical (unpaired) electrons. The Labute approximate surface area is 153 Å². The number of nitrogens with zero attached hydrogens (tertiary/aromatic N) is 2. The van der Waals surface area contributed by atoms with Crippen molar-refractivity contribution in [2.24, 2.45) is 0 Å². The molecule has 0 N–H and O–H groups in total. The van der Waals surface area contributed by atoms with Crippen molar-refractivity contribution in [3.63, 3.8) is 0 Å². The summed E-state index contributed by atoms with van der Waals surface area (Å²) in [5.74, 6) is 0.176. The first kappa shape index (κ1) is 17.8. The molecule has 0 unspecified atom stereocenters. The predicted octanol–water partition coefficient (Wildman–Crippen LogP) is 3.36. The van der Waals surface area contributed by atoms with E-state index in [1.807, 2.05) is 30.0 Å². The van der Waals surface area contributed by atoms with Gasteiger partial charge in [-0.25, -0.2) is 0 Å². The second kappa shape index (κ2) is 8.41. The lowest BCUT2D eigenvalue weighted by atomic mass is 10.1. The van der Waals surface area contributed by atoms with E-state index in [2.05, 4.69) is 29.2 Å². The largest absolute Gasteiger partial charge is 0.340 e. The van der Waals surface area contributed by atoms with E-state index in [0.29, 0.717) is 12.8 Å². The Morgan fingerprint density at radius 2 is 1.68 bits per heavy atom. The van der Waals surface area contributed by atoms with E-state index in [4.69, 9.17) is 0 Å². The van der Waals surface area contributed by atoms with E-state index in [-0.39, 0.29) is 11.7 Å². The summed E-state index contributed by atoms with van der Waals surface area (Å²) in [7, 11) is 0. The highest BCUT2D eigenvalue weighted by Crippen LogP contribution is 2.18. The van der Waals surface area contributed by atoms with Crippen molar-refractivity contribution < 1.29 is 9.59 Å². The molecular weight excluding hydrogens is 332 g/mol. The van der Waals surface area contributed by atoms with Gasteiger partial charge in [-0.2, -0.15) is 0 Å². The zero-order valence-electron chi connectivity index (χ0n) is 14.6. The van der Waals surface area contributed by atoms with Crippen molar-refractivity contribution in [1.29, 1.82) is 0 Å². The Morgan fingerprint density at radius 1 is 0.960 bits per heavy atom. The summed E-state index contributed by atoms with van der Waals surface area (Å²) in [6.07, 6.45) is 0.623. The van der Waals surface area contributed by atoms with Crippen LogP contribution in [-0.4, -0.2) is 47.7 Å². The van der Waals surface area contributed by atoms with Crippen LogP contribution in [0.2, 0.25) is 0 Å². The summed E-state index contributed by atoms with van der Waals surface area (Å²) in [6, 6.07) is 14.2. The fourth-order valence-electron chi connectivity index (χ4n) is 3.08. The van der Waals surface area contributed by atoms with Gasteiger partial charge < -0.3 is 4.90 Å². The lowest BCUT2D eigenvalue weighted by molar-refractivity contribution is -0.132. The molecule has 4 nitrogen and oxygen atoms in total. The smallest absolute Gasteiger partial charge is 0.223 e. The number of carbonyl (C=O) groups excluding carboxylic acids is 2. The number of thiophene rings is 1. The second-order valence-corrected chi connectivity index (χ2v) is 7.76. The summed E-state index contributed by atoms with van der Waals surface area (Å²) in [4.78, 5) is 30.7. The summed E-state index contributed by atoms with van der Waals surface area (Å²) < 4.78 is 0. The molecule has 0 bridgehead atoms. The van der Waals surface area contributed by atoms with Crippen molar-refractivity contribution in [1.82, 2.24) is 9.80 Å². The number of amides is 1. The van der Waals surface area contributed by atoms with E-state index in [1.165, 1.54) is 16.9 Å². The third-order valence-electron chi connectivity index (χ3n) is 4.56. The quantitative estimate of drug-likeness (QED) is 0.745. The molecule has 1 aromatic heterocycles. The number of benzene rings is 1. The summed E-state index contributed by atoms with van der Waals surface area (Å²) >= 11 is 1.50. The van der Waals surface area contributed by atoms with Crippen molar-refractivity contribution in [3.05, 3.63) is 57.8 Å². The molecule has 25 heavy (non-hydrogen) atoms. The highest BCUT2D eigenvalue weighted by atomic mass is 32.1. The maximum absolute atomic E-state index is 12.4. The van der Waals surface area contributed by atoms with Crippen LogP contribution >= 0.6 is 11.3 Å². The molecule has 3 rings (SSSR count). The van der Waals surface area contributed by atoms with Crippen molar-refractivity contribution in [3.8, 4) is 0 Å². The second-order valence-electron chi connectivity index (χ2n) is 6.48. The predicted molar refractivity (Wildman–Crippen MR) is 101 cm³/mol. The maximum atomic E-state index is 12.4. The van der Waals surface area contributed by atoms with E-state index < -0.39 is 0 Å². The number of ketones is 1. The molecule has 1 amide bonds. The molecule has 1 fully saturated rings. The fraction of sp³-hybridized carbons (Fsp3) is 0.400. The lowest BCUT2D eigenvalue weighted by Gasteiger charge is -2.34. The molecule has 0 spiro atoms. The molecular formula is C20H24N2O2S. The molecule has 0 atom stereocenters. The fourth-order valence-corrected chi connectivity index (χ4v) is 3.92. The Kier molecular flexibility index (Phi) is 6.00. The molecule has 2 heterocycles. The Balaban J connectivity index is 1.41. The van der Waals surface area contributed by atoms with Crippen molar-refractivity contribution in [2.75, 3.05) is 26.2 Å². The topological polar surface area (TPSA) is 40.6 Å². The van der Waals surface area contributed by atoms with Gasteiger partial charge in [0, 0.05) is 50.4 Å². The minimum absolute atomic E-state index is 0.0779. The Bertz CT molecular complexity index is 718. The number of Topliss-reactive ketones (excluding diaryl/α,β-unsaturated/α-hetero) is 1. The number of hydrogen-bond donors (Lipinski definition) is 0. The van der Waals surface area contributed by atoms with E-state index in [9.17, 15) is 9.59 Å². The van der Waals surface area contributed by atoms with Gasteiger partial charge in [0.1, 0.15) is 0 Å². The molecule has 1 saturated heterocycles. The first-order valence-corrected chi connectivity index (χ1v) is 9.57. The zero-order valence-corrected chi connectivity index (χ0v) is 15.4. The van der Waals surface area contributed by atoms with E-state index in [0.717, 1.165) is 42.5 Å². The lowest BCUT2D eigenvalue weighted by Crippen LogP contribution is -2.48. The van der Waals surface area contributed by atoms with Gasteiger partial charge in [-0.3, -0.25) is 14.5 Å². The van der Waals surface area contributed by atoms with Gasteiger partial charge in [-0.05, 0) is 24.6 Å². The minimum Gasteiger partial charge on any atom is -0.340 e. The van der Waals surface area contributed by atoms with Crippen LogP contribution in [0.25, 0.3) is 0 Å². The maximum Gasteiger partial charge on any atom is 0.223 e. The molecule has 2 aromatic rings. The number of hydrogen-bond acceptors (Lipinski definition) is 4. The standard InChI is InChI=1S/C20H24N2O2S/c1-16-7-9-19(25-16)18(23)8-10-20(24)22-13-11-21(12-14-22)15-17-5-3-2-4-6-17/h2-7,9H,8,10-15H2,1H3. The zero-order chi connectivity index (χ0) is 17.6. The monoisotopic (exact) mass is 356 g/mol. The Hall–Kier alpha value is -1.98. The molecule has 0 saturated carbocycles. The van der Waals surface area contributed by atoms with Gasteiger partial charge in [0.25, 0.3) is 0 Å². The first-order valence-electron chi connectivity index (χ1n) is 8.75. The van der Waals surface area contributed by atoms with E-state index in [1.54, 1.807) is 0 Å². The molecule has 132 valence electrons. The van der Waals surface area contributed by atoms with Crippen LogP contribution in [0, 0.1) is 6.92 Å². The van der Waals surface area contributed by atoms with Gasteiger partial charge in [0.05, 0.1) is 4.88 Å². The van der Waals surface area contributed by atoms with Gasteiger partial charge in [-0.1, -0.05) is 30.3 Å². The van der Waals surface area contributed by atoms with Gasteiger partial charge in [0.15, 0.2) is 5.78 Å². The van der Waals surface area contributed by atoms with Crippen LogP contribution < -0.4 is 0 Å². The molecule has 1 aliphatic rings. The number of rotatable bonds is 6. The minimum atomic E-state index is 0.0779. The summed E-state index contributed by atoms with van der Waals surface area (Å²) in [5.41, 5.74) is 1.30. The SMILES string of the molecule is Cc1ccc(C(=O)CCC(=O)N2CCN(Cc3ccccc3)CC2)s1. The Morgan fingerprint density at radius 3 is 2.32 bits per heavy atom. The van der Waals surface area contributed by atoms with Crippen molar-refractivity contribution >= 4 is 23.0 Å². The molecule has 0 aliphatic carbocycles. The first-order chi connectivity index (χ1) is 12.1. The molecule has 5 heteroatoms. The van der Waals surface area contributed by atoms with Crippen LogP contribution in [0.1, 0.15) is 33.0 Å². The summed E-state index contributed by atoms with van der Waals surface area (Å²) in [6.45, 7) is 6.19. The van der Waals surface area contributed by atoms with Crippen LogP contribution in [-0.2, 0) is 11.3 Å². The van der Waals surface area contributed by atoms with Crippen LogP contribution in [0.3, 0.4) is 0 Å². The number of carbonyl (C=O) groups is 2. The van der Waals surface area contributed by atoms with Gasteiger partial charge in [0.2, 0.25) is 5.91 Å². The average Bonchev–Trinajstić information content (AvgIpc) is 3.07. The van der Waals surface area contributed by atoms with Gasteiger partial charge in [-0.15, -0.1) is 11.3 Å². The molecule has 1 aliphatic heterocycles. The third kappa shape index (κ3) is 5.00. The van der Waals surface area contributed by atoms with Crippen LogP contribution in [0.4, 0.5) is 0 Å². The number of aryl methyl sites for hydroxylation is 1. The number of piperazine rings is 1. The highest BCUT2D eigenvalue weighted by Gasteiger charge is 2.21. The molecule has 1 aromatic carbocycles. The van der Waals surface area contributed by atoms with Crippen LogP contribution in [0.15, 0.2) is 42.5 Å². The highest BCUT2D eigenvalue weighted by molar-refractivity contribution is 7.14.